The molecule has 136 valence electrons. The number of carbonyl (C=O) groups is 2. The maximum Gasteiger partial charge on any atom is 0.269 e. The van der Waals surface area contributed by atoms with E-state index in [9.17, 15) is 18.0 Å². The molecular formula is C19H15N3O4S. The number of nitrogens with one attached hydrogen (secondary N) is 1. The van der Waals surface area contributed by atoms with E-state index in [4.69, 9.17) is 0 Å². The molecule has 2 aromatic carbocycles. The molecule has 1 N–H and O–H groups in total. The molecule has 0 aliphatic carbocycles. The molecule has 1 aliphatic rings. The molecule has 0 saturated heterocycles. The molecule has 27 heavy (non-hydrogen) atoms. The van der Waals surface area contributed by atoms with Crippen LogP contribution in [0.4, 0.5) is 5.69 Å². The zero-order chi connectivity index (χ0) is 19.2. The quantitative estimate of drug-likeness (QED) is 0.751. The molecule has 0 radical (unpaired) electrons. The number of aromatic nitrogens is 1. The normalized spacial score (nSPS) is 15.0. The van der Waals surface area contributed by atoms with Gasteiger partial charge in [0.15, 0.2) is 0 Å². The third kappa shape index (κ3) is 2.74. The zero-order valence-electron chi connectivity index (χ0n) is 14.3. The lowest BCUT2D eigenvalue weighted by atomic mass is 10.1. The highest BCUT2D eigenvalue weighted by atomic mass is 32.2. The van der Waals surface area contributed by atoms with E-state index in [0.717, 1.165) is 10.9 Å². The number of benzene rings is 2. The van der Waals surface area contributed by atoms with Gasteiger partial charge in [0.2, 0.25) is 5.91 Å². The van der Waals surface area contributed by atoms with E-state index in [1.165, 1.54) is 12.1 Å². The van der Waals surface area contributed by atoms with Crippen molar-refractivity contribution in [2.24, 2.45) is 0 Å². The number of amides is 2. The highest BCUT2D eigenvalue weighted by molar-refractivity contribution is 7.90. The minimum Gasteiger partial charge on any atom is -0.324 e. The molecule has 2 amide bonds. The molecule has 0 bridgehead atoms. The first-order chi connectivity index (χ1) is 12.9. The van der Waals surface area contributed by atoms with Gasteiger partial charge < -0.3 is 5.32 Å². The Balaban J connectivity index is 1.64. The van der Waals surface area contributed by atoms with Gasteiger partial charge in [-0.25, -0.2) is 12.7 Å². The number of rotatable bonds is 3. The van der Waals surface area contributed by atoms with E-state index in [1.807, 2.05) is 25.1 Å². The summed E-state index contributed by atoms with van der Waals surface area (Å²) in [5.41, 5.74) is 2.14. The van der Waals surface area contributed by atoms with Crippen LogP contribution in [-0.4, -0.2) is 36.1 Å². The number of pyridine rings is 1. The fourth-order valence-corrected chi connectivity index (χ4v) is 4.65. The molecule has 0 unspecified atom stereocenters. The molecule has 3 aromatic rings. The summed E-state index contributed by atoms with van der Waals surface area (Å²) >= 11 is 0. The minimum absolute atomic E-state index is 0.0756. The van der Waals surface area contributed by atoms with Crippen LogP contribution in [0.3, 0.4) is 0 Å². The topological polar surface area (TPSA) is 96.4 Å². The Morgan fingerprint density at radius 2 is 1.89 bits per heavy atom. The number of nitrogens with zero attached hydrogens (tertiary/aromatic N) is 2. The second-order valence-corrected chi connectivity index (χ2v) is 8.02. The summed E-state index contributed by atoms with van der Waals surface area (Å²) in [6, 6.07) is 13.2. The predicted molar refractivity (Wildman–Crippen MR) is 99.8 cm³/mol. The van der Waals surface area contributed by atoms with Gasteiger partial charge in [0.1, 0.15) is 11.4 Å². The van der Waals surface area contributed by atoms with Crippen molar-refractivity contribution in [1.82, 2.24) is 9.29 Å². The third-order valence-electron chi connectivity index (χ3n) is 4.46. The van der Waals surface area contributed by atoms with E-state index in [2.05, 4.69) is 10.3 Å². The summed E-state index contributed by atoms with van der Waals surface area (Å²) in [5.74, 6) is -1.30. The lowest BCUT2D eigenvalue weighted by molar-refractivity contribution is -0.116. The van der Waals surface area contributed by atoms with Crippen LogP contribution in [0.5, 0.6) is 0 Å². The smallest absolute Gasteiger partial charge is 0.269 e. The number of carbonyl (C=O) groups excluding carboxylic acids is 2. The van der Waals surface area contributed by atoms with Crippen LogP contribution in [0, 0.1) is 6.92 Å². The number of sulfonamides is 1. The molecule has 8 heteroatoms. The van der Waals surface area contributed by atoms with Gasteiger partial charge in [-0.05, 0) is 42.8 Å². The van der Waals surface area contributed by atoms with E-state index >= 15 is 0 Å². The summed E-state index contributed by atoms with van der Waals surface area (Å²) in [7, 11) is -4.02. The summed E-state index contributed by atoms with van der Waals surface area (Å²) in [5, 5.41) is 3.47. The average molecular weight is 381 g/mol. The Kier molecular flexibility index (Phi) is 3.92. The summed E-state index contributed by atoms with van der Waals surface area (Å²) in [4.78, 5) is 29.2. The van der Waals surface area contributed by atoms with Gasteiger partial charge in [0.25, 0.3) is 15.9 Å². The summed E-state index contributed by atoms with van der Waals surface area (Å²) in [6.07, 6.45) is 1.65. The summed E-state index contributed by atoms with van der Waals surface area (Å²) in [6.45, 7) is 1.24. The van der Waals surface area contributed by atoms with E-state index in [-0.39, 0.29) is 10.5 Å². The van der Waals surface area contributed by atoms with Crippen LogP contribution < -0.4 is 5.32 Å². The second-order valence-electron chi connectivity index (χ2n) is 6.19. The number of aryl methyl sites for hydroxylation is 1. The van der Waals surface area contributed by atoms with Crippen molar-refractivity contribution in [1.29, 1.82) is 0 Å². The third-order valence-corrected chi connectivity index (χ3v) is 6.24. The van der Waals surface area contributed by atoms with Crippen molar-refractivity contribution in [3.05, 3.63) is 65.9 Å². The number of fused-ring (bicyclic) bond motifs is 2. The zero-order valence-corrected chi connectivity index (χ0v) is 15.2. The first-order valence-electron chi connectivity index (χ1n) is 8.20. The van der Waals surface area contributed by atoms with Crippen LogP contribution in [0.15, 0.2) is 59.6 Å². The fourth-order valence-electron chi connectivity index (χ4n) is 3.12. The minimum atomic E-state index is -4.02. The number of hydrogen-bond acceptors (Lipinski definition) is 5. The van der Waals surface area contributed by atoms with Crippen LogP contribution in [0.25, 0.3) is 10.9 Å². The fraction of sp³-hybridized carbons (Fsp3) is 0.105. The largest absolute Gasteiger partial charge is 0.324 e. The van der Waals surface area contributed by atoms with Gasteiger partial charge in [-0.15, -0.1) is 0 Å². The standard InChI is InChI=1S/C19H15N3O4S/c1-12-8-9-15-13(6-4-10-20-15)18(12)21-17(23)11-22-19(24)14-5-2-3-7-16(14)27(22,25)26/h2-10H,11H2,1H3,(H,21,23). The van der Waals surface area contributed by atoms with Gasteiger partial charge >= 0.3 is 0 Å². The lowest BCUT2D eigenvalue weighted by Crippen LogP contribution is -2.37. The Bertz CT molecular complexity index is 1200. The Labute approximate surface area is 155 Å². The lowest BCUT2D eigenvalue weighted by Gasteiger charge is -2.16. The average Bonchev–Trinajstić information content (AvgIpc) is 2.85. The molecule has 2 heterocycles. The predicted octanol–water partition coefficient (Wildman–Crippen LogP) is 2.33. The van der Waals surface area contributed by atoms with E-state index < -0.39 is 28.4 Å². The first kappa shape index (κ1) is 17.2. The van der Waals surface area contributed by atoms with Crippen LogP contribution in [-0.2, 0) is 14.8 Å². The van der Waals surface area contributed by atoms with Crippen molar-refractivity contribution >= 4 is 38.4 Å². The Morgan fingerprint density at radius 3 is 2.67 bits per heavy atom. The van der Waals surface area contributed by atoms with Crippen molar-refractivity contribution in [3.63, 3.8) is 0 Å². The van der Waals surface area contributed by atoms with Crippen LogP contribution in [0.1, 0.15) is 15.9 Å². The first-order valence-corrected chi connectivity index (χ1v) is 9.64. The maximum absolute atomic E-state index is 12.6. The van der Waals surface area contributed by atoms with E-state index in [0.29, 0.717) is 15.5 Å². The number of anilines is 1. The Hall–Kier alpha value is -3.26. The molecule has 1 aromatic heterocycles. The molecule has 7 nitrogen and oxygen atoms in total. The molecule has 1 aliphatic heterocycles. The SMILES string of the molecule is Cc1ccc2ncccc2c1NC(=O)CN1C(=O)c2ccccc2S1(=O)=O. The van der Waals surface area contributed by atoms with Crippen molar-refractivity contribution in [2.45, 2.75) is 11.8 Å². The van der Waals surface area contributed by atoms with Crippen LogP contribution in [0.2, 0.25) is 0 Å². The molecule has 0 spiro atoms. The molecule has 0 fully saturated rings. The van der Waals surface area contributed by atoms with Crippen molar-refractivity contribution in [3.8, 4) is 0 Å². The summed E-state index contributed by atoms with van der Waals surface area (Å²) < 4.78 is 25.8. The Morgan fingerprint density at radius 1 is 1.11 bits per heavy atom. The highest BCUT2D eigenvalue weighted by Crippen LogP contribution is 2.30. The van der Waals surface area contributed by atoms with Gasteiger partial charge in [-0.3, -0.25) is 14.6 Å². The van der Waals surface area contributed by atoms with Gasteiger partial charge in [0, 0.05) is 11.6 Å². The molecule has 0 saturated carbocycles. The molecule has 0 atom stereocenters. The highest BCUT2D eigenvalue weighted by Gasteiger charge is 2.41. The van der Waals surface area contributed by atoms with Gasteiger partial charge in [0.05, 0.1) is 16.8 Å². The van der Waals surface area contributed by atoms with Crippen LogP contribution >= 0.6 is 0 Å². The molecular weight excluding hydrogens is 366 g/mol. The number of hydrogen-bond donors (Lipinski definition) is 1. The maximum atomic E-state index is 12.6. The van der Waals surface area contributed by atoms with Crippen molar-refractivity contribution in [2.75, 3.05) is 11.9 Å². The second kappa shape index (κ2) is 6.17. The van der Waals surface area contributed by atoms with Crippen molar-refractivity contribution < 1.29 is 18.0 Å². The van der Waals surface area contributed by atoms with E-state index in [1.54, 1.807) is 24.4 Å². The van der Waals surface area contributed by atoms with Gasteiger partial charge in [-0.2, -0.15) is 0 Å². The molecule has 4 rings (SSSR count). The van der Waals surface area contributed by atoms with Gasteiger partial charge in [-0.1, -0.05) is 18.2 Å². The monoisotopic (exact) mass is 381 g/mol.